The monoisotopic (exact) mass is 1980 g/mol. The summed E-state index contributed by atoms with van der Waals surface area (Å²) in [6, 6.07) is 44.4. The second kappa shape index (κ2) is 39.0. The molecule has 3 saturated carbocycles. The Bertz CT molecular complexity index is 6430. The average molecular weight is 1980 g/mol. The molecule has 688 valence electrons. The Hall–Kier alpha value is -11.8. The van der Waals surface area contributed by atoms with Crippen molar-refractivity contribution in [3.63, 3.8) is 0 Å². The number of nitrogens with one attached hydrogen (secondary N) is 2. The Balaban J connectivity index is 0.000000119. The zero-order valence-corrected chi connectivity index (χ0v) is 81.2. The van der Waals surface area contributed by atoms with E-state index < -0.39 is 6.10 Å². The first-order valence-corrected chi connectivity index (χ1v) is 48.7. The van der Waals surface area contributed by atoms with Crippen molar-refractivity contribution in [1.82, 2.24) is 57.8 Å². The number of nitriles is 1. The predicted octanol–water partition coefficient (Wildman–Crippen LogP) is 17.0. The van der Waals surface area contributed by atoms with Crippen molar-refractivity contribution in [2.45, 2.75) is 188 Å². The maximum atomic E-state index is 14.0. The minimum atomic E-state index is -0.402. The number of anilines is 6. The first-order chi connectivity index (χ1) is 64.5. The van der Waals surface area contributed by atoms with E-state index in [1.165, 1.54) is 25.5 Å². The molecule has 1 spiro atoms. The first kappa shape index (κ1) is 91.6. The van der Waals surface area contributed by atoms with Crippen LogP contribution in [0.2, 0.25) is 15.1 Å². The van der Waals surface area contributed by atoms with Crippen LogP contribution >= 0.6 is 66.7 Å². The Morgan fingerprint density at radius 3 is 1.65 bits per heavy atom. The van der Waals surface area contributed by atoms with Gasteiger partial charge in [-0.2, -0.15) is 15.2 Å². The second-order valence-electron chi connectivity index (χ2n) is 35.3. The first-order valence-electron chi connectivity index (χ1n) is 46.0. The number of benzene rings is 6. The lowest BCUT2D eigenvalue weighted by atomic mass is 9.99. The van der Waals surface area contributed by atoms with E-state index in [9.17, 15) is 29.5 Å². The van der Waals surface area contributed by atoms with Crippen LogP contribution in [0.3, 0.4) is 0 Å². The quantitative estimate of drug-likeness (QED) is 0.0634. The standard InChI is InChI=1S/C29H27Cl2N5O2.C25H23BrN6O.C23H29BrN6O2.C22H27ClN6O/c1-3-34-27(37)24-26(36-18-29(33-28(34)36)13-7-8-14-29)32-23(12-11-19-9-5-4-6-10-19)35(24)17-20-15-21(30)25(38-2)22(31)16-20;1-3-30-23(33)21-22(32-15-20(28-25(30)32)12-17-7-5-4-6-8-17)29-24(26)31(21)14-18-10-9-16(2)19(11-18)13-27;1-3-28-21(32)19-20(29-11-5-10-25-23(28)29)27-22(26-17-6-4-7-18(17)31)30(19)13-15-9-8-14(2)16(24)12-15;1-3-27-20(30)18-19(28-11-10-24-22(27)28)26-21(25-16-6-4-5-7-16)29(18)13-15-9-8-14(2)17(23)12-15/h4-6,9-10,15-16H,3,7-8,13-14,17-18H2,1-2H3;4-11,20H,3,12,14-15H2,1-2H3;8-9,12,17-18,31H,3-7,10-11,13H2,1-2H3,(H,26,27);8-9,12,16H,3-7,10-11,13H2,1-2H3,(H,25,26)/t;20-;17-,18-;/m.11./s1. The number of hydrogen-bond donors (Lipinski definition) is 3. The van der Waals surface area contributed by atoms with Gasteiger partial charge in [-0.25, -0.2) is 20.0 Å². The van der Waals surface area contributed by atoms with Crippen LogP contribution in [0.25, 0.3) is 0 Å². The van der Waals surface area contributed by atoms with Crippen molar-refractivity contribution in [1.29, 1.82) is 5.26 Å². The fourth-order valence-corrected chi connectivity index (χ4v) is 21.4. The fraction of sp³-hybridized carbons (Fsp3) is 0.404. The summed E-state index contributed by atoms with van der Waals surface area (Å²) in [4.78, 5) is 109. The molecule has 21 rings (SSSR count). The normalized spacial score (nSPS) is 18.8. The van der Waals surface area contributed by atoms with Gasteiger partial charge in [0.25, 0.3) is 23.6 Å². The molecule has 0 bridgehead atoms. The second-order valence-corrected chi connectivity index (χ2v) is 38.0. The lowest BCUT2D eigenvalue weighted by molar-refractivity contribution is 0.0826. The number of carbonyl (C=O) groups is 4. The van der Waals surface area contributed by atoms with Gasteiger partial charge in [0.05, 0.1) is 98.3 Å². The van der Waals surface area contributed by atoms with Crippen LogP contribution in [0.1, 0.15) is 208 Å². The highest BCUT2D eigenvalue weighted by Gasteiger charge is 2.51. The van der Waals surface area contributed by atoms with E-state index in [1.54, 1.807) is 31.7 Å². The lowest BCUT2D eigenvalue weighted by Gasteiger charge is -2.38. The van der Waals surface area contributed by atoms with Crippen molar-refractivity contribution in [2.24, 2.45) is 20.0 Å². The van der Waals surface area contributed by atoms with E-state index in [1.807, 2.05) is 139 Å². The Morgan fingerprint density at radius 1 is 0.511 bits per heavy atom. The molecular formula is C99H106Br2Cl3N23O6. The minimum absolute atomic E-state index is 0.0328. The van der Waals surface area contributed by atoms with E-state index in [0.29, 0.717) is 167 Å². The number of rotatable bonds is 19. The summed E-state index contributed by atoms with van der Waals surface area (Å²) in [6.45, 7) is 22.2. The number of aliphatic imine (C=N–C) groups is 4. The molecule has 133 heavy (non-hydrogen) atoms. The van der Waals surface area contributed by atoms with E-state index in [0.717, 1.165) is 169 Å². The molecule has 4 aromatic heterocycles. The summed E-state index contributed by atoms with van der Waals surface area (Å²) in [5.74, 6) is 13.9. The number of guanidine groups is 4. The van der Waals surface area contributed by atoms with Gasteiger partial charge < -0.3 is 29.6 Å². The van der Waals surface area contributed by atoms with Gasteiger partial charge in [0.2, 0.25) is 35.7 Å². The van der Waals surface area contributed by atoms with Crippen molar-refractivity contribution in [2.75, 3.05) is 103 Å². The van der Waals surface area contributed by atoms with Crippen LogP contribution in [0.4, 0.5) is 35.2 Å². The number of amides is 4. The zero-order chi connectivity index (χ0) is 92.8. The summed E-state index contributed by atoms with van der Waals surface area (Å²) in [5, 5.41) is 28.4. The molecule has 3 aliphatic carbocycles. The number of ether oxygens (including phenoxy) is 1. The molecule has 0 saturated heterocycles. The molecule has 10 aromatic rings. The Kier molecular flexibility index (Phi) is 26.9. The van der Waals surface area contributed by atoms with Crippen LogP contribution < -0.4 is 35.0 Å². The molecule has 0 radical (unpaired) electrons. The molecule has 34 heteroatoms. The minimum Gasteiger partial charge on any atom is -0.494 e. The van der Waals surface area contributed by atoms with Gasteiger partial charge >= 0.3 is 0 Å². The summed E-state index contributed by atoms with van der Waals surface area (Å²) >= 11 is 26.5. The number of halogens is 5. The number of carbonyl (C=O) groups excluding carboxylic acids is 4. The smallest absolute Gasteiger partial charge is 0.281 e. The van der Waals surface area contributed by atoms with Crippen molar-refractivity contribution < 1.29 is 29.0 Å². The van der Waals surface area contributed by atoms with Gasteiger partial charge in [-0.3, -0.25) is 77.5 Å². The van der Waals surface area contributed by atoms with Gasteiger partial charge in [0, 0.05) is 66.9 Å². The maximum Gasteiger partial charge on any atom is 0.281 e. The third-order valence-electron chi connectivity index (χ3n) is 26.6. The number of aliphatic hydroxyl groups excluding tert-OH is 1. The predicted molar refractivity (Wildman–Crippen MR) is 528 cm³/mol. The molecule has 3 N–H and O–H groups in total. The molecule has 4 amide bonds. The number of methoxy groups -OCH3 is 1. The zero-order valence-electron chi connectivity index (χ0n) is 75.8. The number of aryl methyl sites for hydroxylation is 3. The molecule has 11 aliphatic rings. The van der Waals surface area contributed by atoms with Crippen LogP contribution in [-0.2, 0) is 32.6 Å². The van der Waals surface area contributed by atoms with Crippen LogP contribution in [0, 0.1) is 43.9 Å². The maximum absolute atomic E-state index is 14.0. The van der Waals surface area contributed by atoms with E-state index in [4.69, 9.17) is 69.5 Å². The van der Waals surface area contributed by atoms with Crippen LogP contribution in [-0.4, -0.2) is 213 Å². The molecule has 6 aromatic carbocycles. The summed E-state index contributed by atoms with van der Waals surface area (Å²) in [7, 11) is 1.53. The van der Waals surface area contributed by atoms with Crippen molar-refractivity contribution in [3.8, 4) is 23.7 Å². The lowest BCUT2D eigenvalue weighted by Crippen LogP contribution is -2.54. The van der Waals surface area contributed by atoms with E-state index >= 15 is 0 Å². The molecule has 8 aliphatic heterocycles. The molecule has 3 atom stereocenters. The number of aliphatic hydroxyl groups is 1. The number of hydrogen-bond acceptors (Lipinski definition) is 21. The fourth-order valence-electron chi connectivity index (χ4n) is 19.6. The summed E-state index contributed by atoms with van der Waals surface area (Å²) in [6.07, 6.45) is 13.1. The van der Waals surface area contributed by atoms with Crippen LogP contribution in [0.5, 0.6) is 5.75 Å². The van der Waals surface area contributed by atoms with E-state index in [-0.39, 0.29) is 41.3 Å². The number of imidazole rings is 4. The number of fused-ring (bicyclic) bond motifs is 12. The van der Waals surface area contributed by atoms with E-state index in [2.05, 4.69) is 133 Å². The summed E-state index contributed by atoms with van der Waals surface area (Å²) < 4.78 is 14.7. The summed E-state index contributed by atoms with van der Waals surface area (Å²) in [5.41, 5.74) is 11.9. The Morgan fingerprint density at radius 2 is 1.05 bits per heavy atom. The van der Waals surface area contributed by atoms with Gasteiger partial charge in [0.1, 0.15) is 0 Å². The molecule has 12 heterocycles. The molecule has 0 unspecified atom stereocenters. The van der Waals surface area contributed by atoms with Gasteiger partial charge in [-0.05, 0) is 215 Å². The van der Waals surface area contributed by atoms with Crippen LogP contribution in [0.15, 0.2) is 157 Å². The third kappa shape index (κ3) is 18.0. The van der Waals surface area contributed by atoms with Gasteiger partial charge in [-0.1, -0.05) is 167 Å². The number of nitrogens with zero attached hydrogens (tertiary/aromatic N) is 21. The van der Waals surface area contributed by atoms with Crippen molar-refractivity contribution >= 4 is 149 Å². The SMILES string of the molecule is CCN1C(=O)c2c(nc(Br)n2Cc2ccc(C)c(C#N)c2)N2C[C@@H](Cc3ccccc3)N=C12.CCN1C(=O)c2c(nc(C#Cc3ccccc3)n2Cc2cc(Cl)c(OC)c(Cl)c2)N2CC3(CCCC3)N=C12.CCN1C(=O)c2c(nc(NC3CCCC3)n2Cc2ccc(C)c(Cl)c2)N2CCN=C12.CCN1C(=O)c2c(nc(N[C@@H]3CCC[C@H]3O)n2Cc2ccc(C)c(Br)c2)N2CCCN=C12. The number of aromatic nitrogens is 8. The highest BCUT2D eigenvalue weighted by atomic mass is 79.9. The highest BCUT2D eigenvalue weighted by Crippen LogP contribution is 2.46. The Labute approximate surface area is 805 Å². The molecule has 29 nitrogen and oxygen atoms in total. The largest absolute Gasteiger partial charge is 0.494 e. The average Bonchev–Trinajstić information content (AvgIpc) is 1.56. The highest BCUT2D eigenvalue weighted by molar-refractivity contribution is 9.10. The third-order valence-corrected chi connectivity index (χ3v) is 29.0. The van der Waals surface area contributed by atoms with Crippen molar-refractivity contribution in [3.05, 3.63) is 236 Å². The molecule has 3 fully saturated rings. The van der Waals surface area contributed by atoms with Gasteiger partial charge in [0.15, 0.2) is 62.4 Å². The topological polar surface area (TPSA) is 292 Å². The van der Waals surface area contributed by atoms with Gasteiger partial charge in [-0.15, -0.1) is 0 Å². The molecular weight excluding hydrogens is 1870 g/mol.